The quantitative estimate of drug-likeness (QED) is 0.433. The van der Waals surface area contributed by atoms with Crippen LogP contribution in [-0.2, 0) is 26.0 Å². The molecule has 3 rings (SSSR count). The van der Waals surface area contributed by atoms with Crippen LogP contribution in [0.4, 0.5) is 11.4 Å². The summed E-state index contributed by atoms with van der Waals surface area (Å²) in [5.41, 5.74) is 2.58. The topological polar surface area (TPSA) is 114 Å². The second-order valence-corrected chi connectivity index (χ2v) is 9.45. The van der Waals surface area contributed by atoms with Crippen molar-refractivity contribution in [1.82, 2.24) is 4.72 Å². The molecule has 0 saturated carbocycles. The van der Waals surface area contributed by atoms with E-state index < -0.39 is 22.0 Å². The van der Waals surface area contributed by atoms with Crippen molar-refractivity contribution in [2.24, 2.45) is 0 Å². The number of anilines is 2. The molecule has 0 fully saturated rings. The van der Waals surface area contributed by atoms with Crippen LogP contribution < -0.4 is 20.1 Å². The molecule has 3 aromatic rings. The Hall–Kier alpha value is -3.69. The fourth-order valence-electron chi connectivity index (χ4n) is 3.35. The van der Waals surface area contributed by atoms with Gasteiger partial charge in [0.15, 0.2) is 0 Å². The number of sulfonamides is 1. The minimum absolute atomic E-state index is 0.0412. The third-order valence-electron chi connectivity index (χ3n) is 4.98. The molecule has 9 heteroatoms. The highest BCUT2D eigenvalue weighted by Crippen LogP contribution is 2.25. The summed E-state index contributed by atoms with van der Waals surface area (Å²) in [6.45, 7) is 3.18. The van der Waals surface area contributed by atoms with E-state index in [1.807, 2.05) is 30.3 Å². The zero-order chi connectivity index (χ0) is 24.7. The fraction of sp³-hybridized carbons (Fsp3) is 0.200. The average molecular weight is 482 g/mol. The molecule has 8 nitrogen and oxygen atoms in total. The van der Waals surface area contributed by atoms with Gasteiger partial charge < -0.3 is 15.4 Å². The highest BCUT2D eigenvalue weighted by atomic mass is 32.2. The SMILES string of the molecule is COc1ccc(C)cc1S(=O)(=O)N[C@@H](Cc1ccccc1)C(=O)Nc1ccc(NC(C)=O)cc1. The van der Waals surface area contributed by atoms with Crippen molar-refractivity contribution in [3.63, 3.8) is 0 Å². The van der Waals surface area contributed by atoms with Crippen molar-refractivity contribution in [1.29, 1.82) is 0 Å². The fourth-order valence-corrected chi connectivity index (χ4v) is 4.80. The average Bonchev–Trinajstić information content (AvgIpc) is 2.80. The van der Waals surface area contributed by atoms with E-state index in [1.54, 1.807) is 43.3 Å². The van der Waals surface area contributed by atoms with Crippen molar-refractivity contribution in [3.8, 4) is 5.75 Å². The van der Waals surface area contributed by atoms with E-state index >= 15 is 0 Å². The highest BCUT2D eigenvalue weighted by molar-refractivity contribution is 7.89. The van der Waals surface area contributed by atoms with Gasteiger partial charge in [0, 0.05) is 18.3 Å². The number of methoxy groups -OCH3 is 1. The summed E-state index contributed by atoms with van der Waals surface area (Å²) in [6, 6.07) is 19.4. The third kappa shape index (κ3) is 6.66. The molecule has 0 aliphatic heterocycles. The van der Waals surface area contributed by atoms with Crippen LogP contribution in [0.5, 0.6) is 5.75 Å². The summed E-state index contributed by atoms with van der Waals surface area (Å²) in [4.78, 5) is 24.3. The normalized spacial score (nSPS) is 12.0. The number of hydrogen-bond donors (Lipinski definition) is 3. The van der Waals surface area contributed by atoms with Crippen LogP contribution in [0.15, 0.2) is 77.7 Å². The summed E-state index contributed by atoms with van der Waals surface area (Å²) < 4.78 is 34.3. The Morgan fingerprint density at radius 1 is 0.912 bits per heavy atom. The van der Waals surface area contributed by atoms with Crippen molar-refractivity contribution in [2.75, 3.05) is 17.7 Å². The molecule has 0 radical (unpaired) electrons. The maximum Gasteiger partial charge on any atom is 0.245 e. The number of rotatable bonds is 9. The first-order valence-electron chi connectivity index (χ1n) is 10.6. The van der Waals surface area contributed by atoms with Crippen LogP contribution >= 0.6 is 0 Å². The molecule has 0 bridgehead atoms. The van der Waals surface area contributed by atoms with E-state index in [1.165, 1.54) is 20.1 Å². The van der Waals surface area contributed by atoms with E-state index in [4.69, 9.17) is 4.74 Å². The number of aryl methyl sites for hydroxylation is 1. The molecule has 34 heavy (non-hydrogen) atoms. The van der Waals surface area contributed by atoms with Crippen molar-refractivity contribution < 1.29 is 22.7 Å². The molecule has 0 aliphatic carbocycles. The van der Waals surface area contributed by atoms with Gasteiger partial charge in [0.05, 0.1) is 7.11 Å². The molecule has 0 saturated heterocycles. The third-order valence-corrected chi connectivity index (χ3v) is 6.47. The summed E-state index contributed by atoms with van der Waals surface area (Å²) in [5.74, 6) is -0.544. The van der Waals surface area contributed by atoms with Crippen LogP contribution in [0.1, 0.15) is 18.1 Å². The number of benzene rings is 3. The van der Waals surface area contributed by atoms with Crippen molar-refractivity contribution in [2.45, 2.75) is 31.2 Å². The Morgan fingerprint density at radius 2 is 1.53 bits per heavy atom. The zero-order valence-electron chi connectivity index (χ0n) is 19.2. The number of nitrogens with one attached hydrogen (secondary N) is 3. The lowest BCUT2D eigenvalue weighted by Crippen LogP contribution is -2.45. The van der Waals surface area contributed by atoms with Gasteiger partial charge in [0.25, 0.3) is 0 Å². The van der Waals surface area contributed by atoms with Gasteiger partial charge in [-0.05, 0) is 60.9 Å². The van der Waals surface area contributed by atoms with Gasteiger partial charge >= 0.3 is 0 Å². The van der Waals surface area contributed by atoms with Gasteiger partial charge in [0.2, 0.25) is 21.8 Å². The monoisotopic (exact) mass is 481 g/mol. The lowest BCUT2D eigenvalue weighted by atomic mass is 10.1. The zero-order valence-corrected chi connectivity index (χ0v) is 20.0. The highest BCUT2D eigenvalue weighted by Gasteiger charge is 2.28. The molecule has 3 N–H and O–H groups in total. The van der Waals surface area contributed by atoms with Gasteiger partial charge in [-0.3, -0.25) is 9.59 Å². The maximum absolute atomic E-state index is 13.3. The minimum atomic E-state index is -4.09. The Morgan fingerprint density at radius 3 is 2.12 bits per heavy atom. The van der Waals surface area contributed by atoms with E-state index in [2.05, 4.69) is 15.4 Å². The summed E-state index contributed by atoms with van der Waals surface area (Å²) in [5, 5.41) is 5.40. The minimum Gasteiger partial charge on any atom is -0.495 e. The molecular weight excluding hydrogens is 454 g/mol. The Bertz CT molecular complexity index is 1260. The van der Waals surface area contributed by atoms with Gasteiger partial charge in [-0.15, -0.1) is 0 Å². The molecule has 1 atom stereocenters. The molecular formula is C25H27N3O5S. The van der Waals surface area contributed by atoms with Crippen molar-refractivity contribution >= 4 is 33.2 Å². The Kier molecular flexibility index (Phi) is 8.04. The Labute approximate surface area is 199 Å². The first kappa shape index (κ1) is 24.9. The number of amides is 2. The number of carbonyl (C=O) groups excluding carboxylic acids is 2. The molecule has 0 aliphatic rings. The van der Waals surface area contributed by atoms with E-state index in [0.29, 0.717) is 11.4 Å². The number of carbonyl (C=O) groups is 2. The second-order valence-electron chi connectivity index (χ2n) is 7.77. The molecule has 0 aromatic heterocycles. The van der Waals surface area contributed by atoms with E-state index in [-0.39, 0.29) is 23.0 Å². The largest absolute Gasteiger partial charge is 0.495 e. The summed E-state index contributed by atoms with van der Waals surface area (Å²) in [6.07, 6.45) is 0.143. The van der Waals surface area contributed by atoms with E-state index in [0.717, 1.165) is 11.1 Å². The predicted molar refractivity (Wildman–Crippen MR) is 131 cm³/mol. The molecule has 2 amide bonds. The maximum atomic E-state index is 13.3. The predicted octanol–water partition coefficient (Wildman–Crippen LogP) is 3.49. The van der Waals surface area contributed by atoms with Crippen LogP contribution in [0.3, 0.4) is 0 Å². The van der Waals surface area contributed by atoms with Crippen LogP contribution in [0.2, 0.25) is 0 Å². The molecule has 178 valence electrons. The summed E-state index contributed by atoms with van der Waals surface area (Å²) in [7, 11) is -2.69. The first-order valence-corrected chi connectivity index (χ1v) is 12.1. The van der Waals surface area contributed by atoms with Crippen molar-refractivity contribution in [3.05, 3.63) is 83.9 Å². The van der Waals surface area contributed by atoms with Crippen LogP contribution in [-0.4, -0.2) is 33.4 Å². The molecule has 0 heterocycles. The second kappa shape index (κ2) is 11.0. The van der Waals surface area contributed by atoms with E-state index in [9.17, 15) is 18.0 Å². The van der Waals surface area contributed by atoms with Crippen LogP contribution in [0.25, 0.3) is 0 Å². The summed E-state index contributed by atoms with van der Waals surface area (Å²) >= 11 is 0. The standard InChI is InChI=1S/C25H27N3O5S/c1-17-9-14-23(33-3)24(15-17)34(31,32)28-22(16-19-7-5-4-6-8-19)25(30)27-21-12-10-20(11-13-21)26-18(2)29/h4-15,22,28H,16H2,1-3H3,(H,26,29)(H,27,30)/t22-/m0/s1. The smallest absolute Gasteiger partial charge is 0.245 e. The molecule has 0 spiro atoms. The van der Waals surface area contributed by atoms with Crippen LogP contribution in [0, 0.1) is 6.92 Å². The van der Waals surface area contributed by atoms with Gasteiger partial charge in [0.1, 0.15) is 16.7 Å². The lowest BCUT2D eigenvalue weighted by Gasteiger charge is -2.20. The van der Waals surface area contributed by atoms with Gasteiger partial charge in [-0.1, -0.05) is 36.4 Å². The Balaban J connectivity index is 1.87. The number of hydrogen-bond acceptors (Lipinski definition) is 5. The van der Waals surface area contributed by atoms with Gasteiger partial charge in [-0.25, -0.2) is 8.42 Å². The first-order chi connectivity index (χ1) is 16.2. The molecule has 0 unspecified atom stereocenters. The lowest BCUT2D eigenvalue weighted by molar-refractivity contribution is -0.117. The molecule has 3 aromatic carbocycles. The van der Waals surface area contributed by atoms with Gasteiger partial charge in [-0.2, -0.15) is 4.72 Å². The number of ether oxygens (including phenoxy) is 1.